The van der Waals surface area contributed by atoms with Crippen molar-refractivity contribution in [3.63, 3.8) is 0 Å². The van der Waals surface area contributed by atoms with Gasteiger partial charge in [-0.05, 0) is 51.7 Å². The van der Waals surface area contributed by atoms with E-state index in [-0.39, 0.29) is 18.3 Å². The van der Waals surface area contributed by atoms with E-state index in [1.807, 2.05) is 33.2 Å². The average Bonchev–Trinajstić information content (AvgIpc) is 3.25. The fraction of sp³-hybridized carbons (Fsp3) is 0.421. The van der Waals surface area contributed by atoms with Crippen molar-refractivity contribution in [2.45, 2.75) is 13.3 Å². The largest absolute Gasteiger partial charge is 0.494 e. The second-order valence-corrected chi connectivity index (χ2v) is 7.69. The molecule has 28 heavy (non-hydrogen) atoms. The zero-order valence-electron chi connectivity index (χ0n) is 16.8. The van der Waals surface area contributed by atoms with Gasteiger partial charge >= 0.3 is 0 Å². The SMILES string of the molecule is COc1ccc(C)c2sc(N(CCCN(C)C)C(=O)c3ccnn3C)nc12.Cl. The van der Waals surface area contributed by atoms with Crippen molar-refractivity contribution >= 4 is 45.0 Å². The lowest BCUT2D eigenvalue weighted by Gasteiger charge is -2.21. The zero-order chi connectivity index (χ0) is 19.6. The summed E-state index contributed by atoms with van der Waals surface area (Å²) in [6, 6.07) is 5.67. The molecule has 0 fully saturated rings. The van der Waals surface area contributed by atoms with Gasteiger partial charge in [0.05, 0.1) is 11.8 Å². The Morgan fingerprint density at radius 2 is 2.00 bits per heavy atom. The van der Waals surface area contributed by atoms with E-state index < -0.39 is 0 Å². The number of aromatic nitrogens is 3. The number of carbonyl (C=O) groups is 1. The molecule has 0 spiro atoms. The predicted molar refractivity (Wildman–Crippen MR) is 116 cm³/mol. The summed E-state index contributed by atoms with van der Waals surface area (Å²) in [5.74, 6) is 0.628. The first-order valence-corrected chi connectivity index (χ1v) is 9.62. The molecule has 0 aliphatic rings. The van der Waals surface area contributed by atoms with Gasteiger partial charge in [0.25, 0.3) is 5.91 Å². The molecular formula is C19H26ClN5O2S. The third-order valence-electron chi connectivity index (χ3n) is 4.42. The summed E-state index contributed by atoms with van der Waals surface area (Å²) in [7, 11) is 7.47. The summed E-state index contributed by atoms with van der Waals surface area (Å²) in [5.41, 5.74) is 2.46. The number of anilines is 1. The molecule has 3 rings (SSSR count). The van der Waals surface area contributed by atoms with Crippen LogP contribution in [0.5, 0.6) is 5.75 Å². The third-order valence-corrected chi connectivity index (χ3v) is 5.63. The number of aryl methyl sites for hydroxylation is 2. The fourth-order valence-corrected chi connectivity index (χ4v) is 4.01. The summed E-state index contributed by atoms with van der Waals surface area (Å²) in [6.45, 7) is 3.52. The molecule has 0 saturated carbocycles. The summed E-state index contributed by atoms with van der Waals surface area (Å²) < 4.78 is 8.10. The highest BCUT2D eigenvalue weighted by Crippen LogP contribution is 2.36. The highest BCUT2D eigenvalue weighted by atomic mass is 35.5. The van der Waals surface area contributed by atoms with Gasteiger partial charge in [0, 0.05) is 19.8 Å². The maximum Gasteiger partial charge on any atom is 0.278 e. The van der Waals surface area contributed by atoms with E-state index in [0.717, 1.165) is 34.5 Å². The number of halogens is 1. The summed E-state index contributed by atoms with van der Waals surface area (Å²) >= 11 is 1.52. The number of nitrogens with zero attached hydrogens (tertiary/aromatic N) is 5. The Labute approximate surface area is 175 Å². The van der Waals surface area contributed by atoms with Crippen molar-refractivity contribution in [3.05, 3.63) is 35.7 Å². The minimum Gasteiger partial charge on any atom is -0.494 e. The second-order valence-electron chi connectivity index (χ2n) is 6.71. The molecule has 0 aliphatic carbocycles. The summed E-state index contributed by atoms with van der Waals surface area (Å²) in [5, 5.41) is 4.81. The standard InChI is InChI=1S/C19H25N5O2S.ClH/c1-13-7-8-15(26-5)16-17(13)27-19(21-16)24(12-6-11-22(2)3)18(25)14-9-10-20-23(14)4;/h7-10H,6,11-12H2,1-5H3;1H. The van der Waals surface area contributed by atoms with E-state index in [0.29, 0.717) is 17.4 Å². The van der Waals surface area contributed by atoms with E-state index >= 15 is 0 Å². The molecule has 0 bridgehead atoms. The maximum absolute atomic E-state index is 13.2. The molecule has 0 unspecified atom stereocenters. The summed E-state index contributed by atoms with van der Waals surface area (Å²) in [6.07, 6.45) is 2.49. The topological polar surface area (TPSA) is 63.5 Å². The number of benzene rings is 1. The molecule has 3 aromatic rings. The lowest BCUT2D eigenvalue weighted by Crippen LogP contribution is -2.34. The van der Waals surface area contributed by atoms with Crippen LogP contribution in [0.3, 0.4) is 0 Å². The smallest absolute Gasteiger partial charge is 0.278 e. The Kier molecular flexibility index (Phi) is 7.40. The number of hydrogen-bond acceptors (Lipinski definition) is 6. The van der Waals surface area contributed by atoms with Gasteiger partial charge in [-0.25, -0.2) is 4.98 Å². The Morgan fingerprint density at radius 1 is 1.25 bits per heavy atom. The van der Waals surface area contributed by atoms with Crippen LogP contribution >= 0.6 is 23.7 Å². The fourth-order valence-electron chi connectivity index (χ4n) is 2.93. The number of thiazole rings is 1. The van der Waals surface area contributed by atoms with Gasteiger partial charge < -0.3 is 9.64 Å². The zero-order valence-corrected chi connectivity index (χ0v) is 18.4. The molecule has 0 saturated heterocycles. The minimum absolute atomic E-state index is 0. The van der Waals surface area contributed by atoms with E-state index in [9.17, 15) is 4.79 Å². The minimum atomic E-state index is -0.0931. The van der Waals surface area contributed by atoms with Crippen LogP contribution < -0.4 is 9.64 Å². The second kappa shape index (κ2) is 9.36. The Morgan fingerprint density at radius 3 is 2.61 bits per heavy atom. The first-order valence-electron chi connectivity index (χ1n) is 8.81. The van der Waals surface area contributed by atoms with Gasteiger partial charge in [0.15, 0.2) is 5.13 Å². The lowest BCUT2D eigenvalue weighted by atomic mass is 10.2. The number of methoxy groups -OCH3 is 1. The molecule has 2 heterocycles. The van der Waals surface area contributed by atoms with Gasteiger partial charge in [0.1, 0.15) is 17.0 Å². The molecule has 2 aromatic heterocycles. The van der Waals surface area contributed by atoms with Crippen LogP contribution in [-0.4, -0.2) is 59.9 Å². The number of carbonyl (C=O) groups excluding carboxylic acids is 1. The Balaban J connectivity index is 0.00000280. The van der Waals surface area contributed by atoms with Crippen molar-refractivity contribution in [1.29, 1.82) is 0 Å². The predicted octanol–water partition coefficient (Wildman–Crippen LogP) is 3.37. The van der Waals surface area contributed by atoms with Crippen molar-refractivity contribution in [2.75, 3.05) is 39.2 Å². The monoisotopic (exact) mass is 423 g/mol. The van der Waals surface area contributed by atoms with Crippen LogP contribution in [0.25, 0.3) is 10.2 Å². The van der Waals surface area contributed by atoms with Crippen LogP contribution in [0.4, 0.5) is 5.13 Å². The first kappa shape index (κ1) is 22.1. The molecule has 152 valence electrons. The van der Waals surface area contributed by atoms with Crippen LogP contribution in [0.1, 0.15) is 22.5 Å². The van der Waals surface area contributed by atoms with Gasteiger partial charge in [0.2, 0.25) is 0 Å². The molecular weight excluding hydrogens is 398 g/mol. The number of rotatable bonds is 7. The molecule has 1 amide bonds. The quantitative estimate of drug-likeness (QED) is 0.583. The van der Waals surface area contributed by atoms with E-state index in [4.69, 9.17) is 9.72 Å². The van der Waals surface area contributed by atoms with Crippen molar-refractivity contribution in [3.8, 4) is 5.75 Å². The highest BCUT2D eigenvalue weighted by Gasteiger charge is 2.24. The average molecular weight is 424 g/mol. The van der Waals surface area contributed by atoms with Crippen LogP contribution in [0.15, 0.2) is 24.4 Å². The Bertz CT molecular complexity index is 953. The van der Waals surface area contributed by atoms with Gasteiger partial charge in [-0.2, -0.15) is 5.10 Å². The molecule has 9 heteroatoms. The normalized spacial score (nSPS) is 10.9. The third kappa shape index (κ3) is 4.45. The highest BCUT2D eigenvalue weighted by molar-refractivity contribution is 7.22. The van der Waals surface area contributed by atoms with Crippen LogP contribution in [0, 0.1) is 6.92 Å². The molecule has 0 aliphatic heterocycles. The lowest BCUT2D eigenvalue weighted by molar-refractivity contribution is 0.0977. The van der Waals surface area contributed by atoms with E-state index in [1.165, 1.54) is 11.3 Å². The summed E-state index contributed by atoms with van der Waals surface area (Å²) in [4.78, 5) is 21.8. The van der Waals surface area contributed by atoms with Crippen molar-refractivity contribution in [2.24, 2.45) is 7.05 Å². The molecule has 1 aromatic carbocycles. The molecule has 0 atom stereocenters. The van der Waals surface area contributed by atoms with Crippen LogP contribution in [-0.2, 0) is 7.05 Å². The van der Waals surface area contributed by atoms with Crippen LogP contribution in [0.2, 0.25) is 0 Å². The number of fused-ring (bicyclic) bond motifs is 1. The maximum atomic E-state index is 13.2. The van der Waals surface area contributed by atoms with Gasteiger partial charge in [-0.3, -0.25) is 14.4 Å². The first-order chi connectivity index (χ1) is 12.9. The van der Waals surface area contributed by atoms with Crippen molar-refractivity contribution < 1.29 is 9.53 Å². The van der Waals surface area contributed by atoms with Gasteiger partial charge in [-0.15, -0.1) is 12.4 Å². The number of amides is 1. The van der Waals surface area contributed by atoms with Crippen molar-refractivity contribution in [1.82, 2.24) is 19.7 Å². The Hall–Kier alpha value is -2.16. The number of hydrogen-bond donors (Lipinski definition) is 0. The van der Waals surface area contributed by atoms with E-state index in [1.54, 1.807) is 36.0 Å². The van der Waals surface area contributed by atoms with E-state index in [2.05, 4.69) is 10.00 Å². The molecule has 7 nitrogen and oxygen atoms in total. The number of ether oxygens (including phenoxy) is 1. The molecule has 0 radical (unpaired) electrons. The van der Waals surface area contributed by atoms with Gasteiger partial charge in [-0.1, -0.05) is 17.4 Å². The molecule has 0 N–H and O–H groups in total.